The summed E-state index contributed by atoms with van der Waals surface area (Å²) in [4.78, 5) is 12.2. The number of fused-ring (bicyclic) bond motifs is 1. The van der Waals surface area contributed by atoms with Crippen molar-refractivity contribution in [3.8, 4) is 11.8 Å². The van der Waals surface area contributed by atoms with Gasteiger partial charge in [-0.25, -0.2) is 15.0 Å². The quantitative estimate of drug-likeness (QED) is 0.548. The van der Waals surface area contributed by atoms with Crippen molar-refractivity contribution in [2.45, 2.75) is 0 Å². The number of nitrogens with zero attached hydrogens (tertiary/aromatic N) is 4. The molecule has 73 valence electrons. The van der Waals surface area contributed by atoms with Crippen LogP contribution in [0.3, 0.4) is 0 Å². The molecular formula is C9H8N5Y-. The van der Waals surface area contributed by atoms with Crippen LogP contribution in [0, 0.1) is 18.8 Å². The van der Waals surface area contributed by atoms with Gasteiger partial charge in [0.1, 0.15) is 11.3 Å². The summed E-state index contributed by atoms with van der Waals surface area (Å²) in [6.45, 7) is 3.40. The van der Waals surface area contributed by atoms with Gasteiger partial charge >= 0.3 is 0 Å². The summed E-state index contributed by atoms with van der Waals surface area (Å²) in [6.07, 6.45) is 1.64. The number of nitrogen functional groups attached to an aromatic ring is 1. The Labute approximate surface area is 112 Å². The number of aromatic nitrogens is 4. The van der Waals surface area contributed by atoms with E-state index >= 15 is 0 Å². The molecule has 2 aromatic rings. The molecule has 1 radical (unpaired) electrons. The minimum atomic E-state index is 0. The Hall–Kier alpha value is -1.12. The van der Waals surface area contributed by atoms with Crippen LogP contribution in [0.25, 0.3) is 11.2 Å². The number of hydrogen-bond acceptors (Lipinski definition) is 4. The first-order chi connectivity index (χ1) is 6.72. The summed E-state index contributed by atoms with van der Waals surface area (Å²) < 4.78 is 1.77. The predicted octanol–water partition coefficient (Wildman–Crippen LogP) is 0.129. The third kappa shape index (κ3) is 2.11. The van der Waals surface area contributed by atoms with Crippen LogP contribution in [-0.4, -0.2) is 19.5 Å². The van der Waals surface area contributed by atoms with E-state index in [9.17, 15) is 0 Å². The van der Waals surface area contributed by atoms with E-state index < -0.39 is 0 Å². The Morgan fingerprint density at radius 3 is 2.87 bits per heavy atom. The number of anilines is 1. The molecule has 0 aliphatic heterocycles. The van der Waals surface area contributed by atoms with Gasteiger partial charge in [-0.05, 0) is 0 Å². The molecule has 0 aliphatic carbocycles. The van der Waals surface area contributed by atoms with Gasteiger partial charge in [-0.2, -0.15) is 6.92 Å². The third-order valence-electron chi connectivity index (χ3n) is 1.79. The Balaban J connectivity index is 0.00000112. The number of hydrogen-bond donors (Lipinski definition) is 1. The second-order valence-corrected chi connectivity index (χ2v) is 2.76. The van der Waals surface area contributed by atoms with Crippen LogP contribution < -0.4 is 5.73 Å². The molecule has 0 saturated heterocycles. The summed E-state index contributed by atoms with van der Waals surface area (Å²) in [5, 5.41) is 0. The first kappa shape index (κ1) is 12.0. The van der Waals surface area contributed by atoms with Gasteiger partial charge in [-0.3, -0.25) is 11.8 Å². The van der Waals surface area contributed by atoms with Crippen LogP contribution >= 0.6 is 0 Å². The number of imidazole rings is 1. The van der Waals surface area contributed by atoms with Crippen molar-refractivity contribution in [2.24, 2.45) is 7.05 Å². The fraction of sp³-hybridized carbons (Fsp3) is 0.111. The Morgan fingerprint density at radius 1 is 1.47 bits per heavy atom. The minimum Gasteiger partial charge on any atom is -0.382 e. The van der Waals surface area contributed by atoms with Gasteiger partial charge in [-0.1, -0.05) is 0 Å². The second kappa shape index (κ2) is 4.60. The molecule has 6 heteroatoms. The van der Waals surface area contributed by atoms with Gasteiger partial charge in [0.2, 0.25) is 0 Å². The normalized spacial score (nSPS) is 9.13. The number of nitrogens with two attached hydrogens (primary N) is 1. The fourth-order valence-corrected chi connectivity index (χ4v) is 1.16. The summed E-state index contributed by atoms with van der Waals surface area (Å²) in [5.41, 5.74) is 6.96. The maximum Gasteiger partial charge on any atom is 0.164 e. The van der Waals surface area contributed by atoms with E-state index in [-0.39, 0.29) is 32.7 Å². The monoisotopic (exact) mass is 275 g/mol. The van der Waals surface area contributed by atoms with E-state index in [4.69, 9.17) is 5.73 Å². The minimum absolute atomic E-state index is 0. The average molecular weight is 275 g/mol. The van der Waals surface area contributed by atoms with Crippen LogP contribution in [0.5, 0.6) is 0 Å². The number of rotatable bonds is 0. The summed E-state index contributed by atoms with van der Waals surface area (Å²) >= 11 is 0. The van der Waals surface area contributed by atoms with Crippen molar-refractivity contribution >= 4 is 17.0 Å². The zero-order valence-electron chi connectivity index (χ0n) is 8.23. The molecule has 0 aliphatic rings. The second-order valence-electron chi connectivity index (χ2n) is 2.76. The van der Waals surface area contributed by atoms with Gasteiger partial charge in [0.15, 0.2) is 11.5 Å². The van der Waals surface area contributed by atoms with Crippen molar-refractivity contribution in [3.05, 3.63) is 19.1 Å². The van der Waals surface area contributed by atoms with Crippen LogP contribution in [-0.2, 0) is 39.8 Å². The van der Waals surface area contributed by atoms with E-state index in [0.29, 0.717) is 22.8 Å². The van der Waals surface area contributed by atoms with Gasteiger partial charge < -0.3 is 10.3 Å². The summed E-state index contributed by atoms with van der Waals surface area (Å²) in [7, 11) is 1.84. The van der Waals surface area contributed by atoms with E-state index in [0.717, 1.165) is 0 Å². The first-order valence-corrected chi connectivity index (χ1v) is 3.95. The van der Waals surface area contributed by atoms with Gasteiger partial charge in [0.25, 0.3) is 0 Å². The molecule has 5 nitrogen and oxygen atoms in total. The van der Waals surface area contributed by atoms with Crippen molar-refractivity contribution in [1.82, 2.24) is 19.5 Å². The third-order valence-corrected chi connectivity index (χ3v) is 1.79. The van der Waals surface area contributed by atoms with Crippen molar-refractivity contribution in [2.75, 3.05) is 5.73 Å². The fourth-order valence-electron chi connectivity index (χ4n) is 1.16. The molecule has 0 bridgehead atoms. The maximum atomic E-state index is 5.69. The van der Waals surface area contributed by atoms with E-state index in [1.165, 1.54) is 0 Å². The Kier molecular flexibility index (Phi) is 3.67. The van der Waals surface area contributed by atoms with Crippen LogP contribution in [0.4, 0.5) is 5.82 Å². The topological polar surface area (TPSA) is 69.6 Å². The van der Waals surface area contributed by atoms with Crippen molar-refractivity contribution in [3.63, 3.8) is 0 Å². The predicted molar refractivity (Wildman–Crippen MR) is 53.0 cm³/mol. The maximum absolute atomic E-state index is 5.69. The smallest absolute Gasteiger partial charge is 0.164 e. The molecule has 15 heavy (non-hydrogen) atoms. The molecule has 2 rings (SSSR count). The van der Waals surface area contributed by atoms with E-state index in [2.05, 4.69) is 33.7 Å². The summed E-state index contributed by atoms with van der Waals surface area (Å²) in [6, 6.07) is 0. The average Bonchev–Trinajstić information content (AvgIpc) is 2.49. The van der Waals surface area contributed by atoms with Crippen molar-refractivity contribution in [1.29, 1.82) is 0 Å². The van der Waals surface area contributed by atoms with Crippen LogP contribution in [0.2, 0.25) is 0 Å². The van der Waals surface area contributed by atoms with E-state index in [1.54, 1.807) is 10.9 Å². The van der Waals surface area contributed by atoms with Crippen LogP contribution in [0.15, 0.2) is 6.33 Å². The molecule has 0 aromatic carbocycles. The largest absolute Gasteiger partial charge is 0.382 e. The zero-order valence-corrected chi connectivity index (χ0v) is 11.1. The summed E-state index contributed by atoms with van der Waals surface area (Å²) in [5.74, 6) is 5.84. The SMILES string of the molecule is [CH2-]C#Cc1nc(N)c2ncn(C)c2n1.[Y]. The van der Waals surface area contributed by atoms with Gasteiger partial charge in [-0.15, -0.1) is 0 Å². The molecule has 0 spiro atoms. The van der Waals surface area contributed by atoms with Crippen molar-refractivity contribution < 1.29 is 32.7 Å². The molecule has 2 N–H and O–H groups in total. The standard InChI is InChI=1S/C9H8N5.Y/c1-3-4-6-12-8(10)7-9(13-6)14(2)5-11-7;/h5H,1H2,2H3,(H2,10,12,13);/q-1;. The number of aryl methyl sites for hydroxylation is 1. The first-order valence-electron chi connectivity index (χ1n) is 3.95. The molecule has 2 aromatic heterocycles. The van der Waals surface area contributed by atoms with Crippen LogP contribution in [0.1, 0.15) is 5.82 Å². The zero-order chi connectivity index (χ0) is 10.1. The molecule has 0 fully saturated rings. The van der Waals surface area contributed by atoms with Gasteiger partial charge in [0, 0.05) is 39.8 Å². The molecule has 2 heterocycles. The van der Waals surface area contributed by atoms with E-state index in [1.807, 2.05) is 7.05 Å². The Morgan fingerprint density at radius 2 is 2.20 bits per heavy atom. The van der Waals surface area contributed by atoms with Gasteiger partial charge in [0.05, 0.1) is 6.33 Å². The molecule has 0 saturated carbocycles. The molecule has 0 amide bonds. The molecule has 0 unspecified atom stereocenters. The molecular weight excluding hydrogens is 267 g/mol. The molecule has 0 atom stereocenters. The Bertz CT molecular complexity index is 549.